The molecule has 15 amide bonds. The Morgan fingerprint density at radius 3 is 1.23 bits per heavy atom. The lowest BCUT2D eigenvalue weighted by Crippen LogP contribution is -2.61. The third-order valence-corrected chi connectivity index (χ3v) is 19.8. The summed E-state index contributed by atoms with van der Waals surface area (Å²) in [6.45, 7) is 20.6. The maximum absolute atomic E-state index is 15.0. The Kier molecular flexibility index (Phi) is 46.7. The highest BCUT2D eigenvalue weighted by molar-refractivity contribution is 7.98. The van der Waals surface area contributed by atoms with Crippen molar-refractivity contribution in [2.75, 3.05) is 57.8 Å². The van der Waals surface area contributed by atoms with Crippen molar-refractivity contribution >= 4 is 118 Å². The van der Waals surface area contributed by atoms with Crippen LogP contribution in [0.4, 0.5) is 0 Å². The summed E-state index contributed by atoms with van der Waals surface area (Å²) in [4.78, 5) is 223. The summed E-state index contributed by atoms with van der Waals surface area (Å²) in [6.07, 6.45) is 6.65. The topological polar surface area (TPSA) is 652 Å². The van der Waals surface area contributed by atoms with Gasteiger partial charge in [0.15, 0.2) is 17.9 Å². The average molecular weight is 1650 g/mol. The van der Waals surface area contributed by atoms with Crippen LogP contribution in [-0.4, -0.2) is 253 Å². The van der Waals surface area contributed by atoms with Crippen LogP contribution in [0.5, 0.6) is 0 Å². The minimum Gasteiger partial charge on any atom is -0.370 e. The first kappa shape index (κ1) is 101. The maximum Gasteiger partial charge on any atom is 0.245 e. The summed E-state index contributed by atoms with van der Waals surface area (Å²) in [5.74, 6) is -12.7. The van der Waals surface area contributed by atoms with Gasteiger partial charge in [0, 0.05) is 46.2 Å². The zero-order valence-electron chi connectivity index (χ0n) is 68.9. The first-order chi connectivity index (χ1) is 54.2. The number of rotatable bonds is 54. The molecule has 115 heavy (non-hydrogen) atoms. The molecular formula is C74H133N25O15S. The Labute approximate surface area is 679 Å². The van der Waals surface area contributed by atoms with Crippen LogP contribution in [0.25, 0.3) is 0 Å². The average Bonchev–Trinajstić information content (AvgIpc) is 1.73. The second-order valence-electron chi connectivity index (χ2n) is 30.4. The van der Waals surface area contributed by atoms with Gasteiger partial charge in [-0.05, 0) is 171 Å². The molecule has 2 heterocycles. The molecule has 0 saturated carbocycles. The number of nitrogens with one attached hydrogen (secondary N) is 12. The van der Waals surface area contributed by atoms with Crippen LogP contribution in [0.1, 0.15) is 185 Å². The van der Waals surface area contributed by atoms with E-state index in [0.29, 0.717) is 44.4 Å². The molecule has 0 aromatic rings. The number of thioether (sulfide) groups is 1. The van der Waals surface area contributed by atoms with Crippen LogP contribution in [-0.2, 0) is 71.9 Å². The zero-order valence-corrected chi connectivity index (χ0v) is 69.7. The molecule has 0 spiro atoms. The third kappa shape index (κ3) is 37.4. The molecule has 2 saturated heterocycles. The van der Waals surface area contributed by atoms with Gasteiger partial charge in [-0.3, -0.25) is 86.9 Å². The first-order valence-electron chi connectivity index (χ1n) is 39.7. The molecule has 2 fully saturated rings. The summed E-state index contributed by atoms with van der Waals surface area (Å²) in [6, 6.07) is -16.0. The Morgan fingerprint density at radius 1 is 0.435 bits per heavy atom. The van der Waals surface area contributed by atoms with Gasteiger partial charge >= 0.3 is 0 Å². The Morgan fingerprint density at radius 2 is 0.809 bits per heavy atom. The van der Waals surface area contributed by atoms with E-state index in [0.717, 1.165) is 6.08 Å². The van der Waals surface area contributed by atoms with Gasteiger partial charge in [0.1, 0.15) is 78.5 Å². The number of hydrogen-bond acceptors (Lipinski definition) is 20. The fourth-order valence-corrected chi connectivity index (χ4v) is 13.4. The number of primary amides is 1. The second kappa shape index (κ2) is 53.1. The number of carbonyl (C=O) groups excluding carboxylic acids is 15. The van der Waals surface area contributed by atoms with Crippen LogP contribution < -0.4 is 110 Å². The molecule has 41 heteroatoms. The second-order valence-corrected chi connectivity index (χ2v) is 31.3. The first-order valence-corrected chi connectivity index (χ1v) is 41.1. The van der Waals surface area contributed by atoms with Gasteiger partial charge in [0.25, 0.3) is 0 Å². The number of aliphatic imine (C=N–C) groups is 3. The maximum atomic E-state index is 15.0. The van der Waals surface area contributed by atoms with E-state index in [1.807, 2.05) is 13.8 Å². The lowest BCUT2D eigenvalue weighted by molar-refractivity contribution is -0.143. The minimum absolute atomic E-state index is 0.00458. The molecule has 13 unspecified atom stereocenters. The highest BCUT2D eigenvalue weighted by atomic mass is 32.2. The molecule has 0 aliphatic carbocycles. The van der Waals surface area contributed by atoms with E-state index in [1.54, 1.807) is 47.8 Å². The summed E-state index contributed by atoms with van der Waals surface area (Å²) in [5.41, 5.74) is 44.6. The minimum atomic E-state index is -1.36. The summed E-state index contributed by atoms with van der Waals surface area (Å²) < 4.78 is 0. The number of guanidine groups is 3. The van der Waals surface area contributed by atoms with Crippen molar-refractivity contribution in [3.05, 3.63) is 12.7 Å². The number of nitrogens with two attached hydrogens (primary N) is 8. The van der Waals surface area contributed by atoms with Gasteiger partial charge in [-0.1, -0.05) is 62.0 Å². The zero-order chi connectivity index (χ0) is 86.8. The number of likely N-dealkylation sites (tertiary alicyclic amines) is 2. The molecule has 0 radical (unpaired) electrons. The van der Waals surface area contributed by atoms with E-state index in [2.05, 4.69) is 85.4 Å². The summed E-state index contributed by atoms with van der Waals surface area (Å²) >= 11 is 1.36. The van der Waals surface area contributed by atoms with Crippen molar-refractivity contribution in [3.8, 4) is 0 Å². The molecule has 0 aromatic heterocycles. The number of hydrogen-bond donors (Lipinski definition) is 20. The van der Waals surface area contributed by atoms with Gasteiger partial charge in [-0.15, -0.1) is 0 Å². The third-order valence-electron chi connectivity index (χ3n) is 19.2. The standard InChI is InChI=1S/C74H133N25O15S/c1-13-55(101)83-32-17-15-24-48(62(105)95-57(42(6)7)68(111)89-46(59(76)102)25-18-33-84-72(77)78)91-65(108)53-28-21-36-98(53)71(114)51(27-20-35-86-74(81)82)93-69(112)58(43(8)9)96-63(106)49(30-38-115-12)90-60(103)44(10)87-67(110)56(41(4)5)97-66(109)54-29-22-37-99(54)70(113)50(26-19-34-85-73(79)80)92-64(107)52(39-40(2)3)94-61(104)47(88-45(11)100)23-14-16-31-75/h13,40-44,46-54,56-58H,1,14-39,75H2,2-12H3,(H2,76,102)(H,83,101)(H,87,110)(H,88,100)(H,89,111)(H,90,103)(H,91,108)(H,92,107)(H,93,112)(H,94,104)(H,95,105)(H,96,106)(H,97,109)(H4,77,78,84)(H4,79,80,85)(H4,81,82,86). The molecule has 0 aromatic carbocycles. The number of nitrogens with zero attached hydrogens (tertiary/aromatic N) is 5. The highest BCUT2D eigenvalue weighted by Crippen LogP contribution is 2.24. The number of amides is 15. The van der Waals surface area contributed by atoms with E-state index in [-0.39, 0.29) is 147 Å². The van der Waals surface area contributed by atoms with Crippen molar-refractivity contribution in [1.29, 1.82) is 0 Å². The largest absolute Gasteiger partial charge is 0.370 e. The van der Waals surface area contributed by atoms with E-state index >= 15 is 0 Å². The van der Waals surface area contributed by atoms with Gasteiger partial charge in [-0.2, -0.15) is 11.8 Å². The van der Waals surface area contributed by atoms with Gasteiger partial charge in [-0.25, -0.2) is 0 Å². The SMILES string of the molecule is C=CC(=O)NCCCCC(NC(=O)C1CCCN1C(=O)C(CCCN=C(N)N)NC(=O)C(NC(=O)C(CCSC)NC(=O)C(C)NC(=O)C(NC(=O)C1CCCN1C(=O)C(CCCN=C(N)N)NC(=O)C(CC(C)C)NC(=O)C(CCCCN)NC(C)=O)C(C)C)C(C)C)C(=O)NC(C(=O)NC(CCCN=C(N)N)C(N)=O)C(C)C. The molecule has 2 aliphatic heterocycles. The van der Waals surface area contributed by atoms with E-state index in [1.165, 1.54) is 35.4 Å². The Hall–Kier alpha value is -10.1. The van der Waals surface area contributed by atoms with E-state index in [9.17, 15) is 71.9 Å². The Balaban J connectivity index is 2.43. The highest BCUT2D eigenvalue weighted by Gasteiger charge is 2.43. The van der Waals surface area contributed by atoms with Crippen molar-refractivity contribution in [1.82, 2.24) is 73.6 Å². The quantitative estimate of drug-likeness (QED) is 0.0118. The molecule has 2 rings (SSSR count). The summed E-state index contributed by atoms with van der Waals surface area (Å²) in [5, 5.41) is 32.6. The van der Waals surface area contributed by atoms with Gasteiger partial charge < -0.3 is 119 Å². The predicted molar refractivity (Wildman–Crippen MR) is 438 cm³/mol. The van der Waals surface area contributed by atoms with E-state index in [4.69, 9.17) is 45.9 Å². The van der Waals surface area contributed by atoms with Crippen LogP contribution in [0, 0.1) is 23.7 Å². The Bertz CT molecular complexity index is 3350. The lowest BCUT2D eigenvalue weighted by atomic mass is 10.0. The van der Waals surface area contributed by atoms with Crippen LogP contribution in [0.15, 0.2) is 27.6 Å². The van der Waals surface area contributed by atoms with Gasteiger partial charge in [0.05, 0.1) is 0 Å². The normalized spacial score (nSPS) is 16.7. The molecule has 0 bridgehead atoms. The van der Waals surface area contributed by atoms with Crippen LogP contribution in [0.2, 0.25) is 0 Å². The van der Waals surface area contributed by atoms with Crippen molar-refractivity contribution in [2.45, 2.75) is 263 Å². The van der Waals surface area contributed by atoms with Crippen molar-refractivity contribution in [2.24, 2.45) is 84.5 Å². The number of unbranched alkanes of at least 4 members (excludes halogenated alkanes) is 2. The molecule has 2 aliphatic rings. The predicted octanol–water partition coefficient (Wildman–Crippen LogP) is -4.64. The van der Waals surface area contributed by atoms with Crippen LogP contribution in [0.3, 0.4) is 0 Å². The molecule has 28 N–H and O–H groups in total. The van der Waals surface area contributed by atoms with Crippen molar-refractivity contribution in [3.63, 3.8) is 0 Å². The fourth-order valence-electron chi connectivity index (χ4n) is 12.9. The van der Waals surface area contributed by atoms with Crippen LogP contribution >= 0.6 is 11.8 Å². The number of carbonyl (C=O) groups is 15. The lowest BCUT2D eigenvalue weighted by Gasteiger charge is -2.32. The molecule has 40 nitrogen and oxygen atoms in total. The smallest absolute Gasteiger partial charge is 0.245 e. The molecule has 13 atom stereocenters. The fraction of sp³-hybridized carbons (Fsp3) is 0.730. The molecular weight excluding hydrogens is 1510 g/mol. The van der Waals surface area contributed by atoms with Crippen molar-refractivity contribution < 1.29 is 71.9 Å². The van der Waals surface area contributed by atoms with E-state index < -0.39 is 185 Å². The van der Waals surface area contributed by atoms with Gasteiger partial charge in [0.2, 0.25) is 88.6 Å². The monoisotopic (exact) mass is 1640 g/mol. The summed E-state index contributed by atoms with van der Waals surface area (Å²) in [7, 11) is 0. The molecule has 650 valence electrons.